The highest BCUT2D eigenvalue weighted by molar-refractivity contribution is 5.75. The van der Waals surface area contributed by atoms with Gasteiger partial charge in [0.25, 0.3) is 0 Å². The van der Waals surface area contributed by atoms with Gasteiger partial charge in [-0.05, 0) is 64.2 Å². The van der Waals surface area contributed by atoms with Crippen molar-refractivity contribution < 1.29 is 9.90 Å². The number of piperidine rings is 1. The predicted octanol–water partition coefficient (Wildman–Crippen LogP) is 1.85. The molecule has 0 bridgehead atoms. The summed E-state index contributed by atoms with van der Waals surface area (Å²) in [6.45, 7) is 7.50. The first-order valence-corrected chi connectivity index (χ1v) is 10.1. The van der Waals surface area contributed by atoms with E-state index in [0.717, 1.165) is 58.7 Å². The van der Waals surface area contributed by atoms with Gasteiger partial charge in [0.15, 0.2) is 0 Å². The quantitative estimate of drug-likeness (QED) is 0.663. The third-order valence-electron chi connectivity index (χ3n) is 5.44. The highest BCUT2D eigenvalue weighted by Crippen LogP contribution is 2.15. The Kier molecular flexibility index (Phi) is 9.69. The van der Waals surface area contributed by atoms with Crippen LogP contribution in [0.2, 0.25) is 0 Å². The van der Waals surface area contributed by atoms with Crippen molar-refractivity contribution in [2.45, 2.75) is 57.8 Å². The zero-order chi connectivity index (χ0) is 17.0. The number of aliphatic hydroxyl groups excluding tert-OH is 1. The zero-order valence-electron chi connectivity index (χ0n) is 15.3. The molecular formula is C19H37N3O2. The summed E-state index contributed by atoms with van der Waals surface area (Å²) in [5, 5.41) is 12.3. The molecular weight excluding hydrogens is 302 g/mol. The Labute approximate surface area is 147 Å². The molecule has 0 aromatic rings. The van der Waals surface area contributed by atoms with Crippen LogP contribution in [0, 0.1) is 5.92 Å². The van der Waals surface area contributed by atoms with Crippen molar-refractivity contribution in [1.29, 1.82) is 0 Å². The summed E-state index contributed by atoms with van der Waals surface area (Å²) in [7, 11) is 0. The van der Waals surface area contributed by atoms with Crippen molar-refractivity contribution in [3.8, 4) is 0 Å². The van der Waals surface area contributed by atoms with Crippen molar-refractivity contribution in [1.82, 2.24) is 15.1 Å². The van der Waals surface area contributed by atoms with Crippen LogP contribution < -0.4 is 5.32 Å². The maximum atomic E-state index is 12.0. The van der Waals surface area contributed by atoms with Crippen molar-refractivity contribution in [2.24, 2.45) is 5.92 Å². The van der Waals surface area contributed by atoms with E-state index in [1.807, 2.05) is 0 Å². The molecule has 0 aromatic heterocycles. The highest BCUT2D eigenvalue weighted by Gasteiger charge is 2.18. The largest absolute Gasteiger partial charge is 0.396 e. The number of hydrogen-bond donors (Lipinski definition) is 2. The van der Waals surface area contributed by atoms with Crippen LogP contribution in [0.15, 0.2) is 0 Å². The molecule has 2 saturated heterocycles. The van der Waals surface area contributed by atoms with Gasteiger partial charge in [0.1, 0.15) is 0 Å². The Balaban J connectivity index is 1.50. The first kappa shape index (κ1) is 19.7. The van der Waals surface area contributed by atoms with Crippen LogP contribution in [-0.2, 0) is 4.79 Å². The van der Waals surface area contributed by atoms with E-state index in [4.69, 9.17) is 0 Å². The third kappa shape index (κ3) is 7.95. The second kappa shape index (κ2) is 11.8. The molecule has 0 radical (unpaired) electrons. The van der Waals surface area contributed by atoms with Crippen LogP contribution in [-0.4, -0.2) is 73.2 Å². The number of aliphatic hydroxyl groups is 1. The summed E-state index contributed by atoms with van der Waals surface area (Å²) in [6.07, 6.45) is 10.6. The van der Waals surface area contributed by atoms with Crippen LogP contribution in [0.25, 0.3) is 0 Å². The summed E-state index contributed by atoms with van der Waals surface area (Å²) >= 11 is 0. The second-order valence-electron chi connectivity index (χ2n) is 7.55. The van der Waals surface area contributed by atoms with Gasteiger partial charge in [-0.15, -0.1) is 0 Å². The van der Waals surface area contributed by atoms with Crippen molar-refractivity contribution in [3.63, 3.8) is 0 Å². The smallest absolute Gasteiger partial charge is 0.221 e. The number of amides is 1. The van der Waals surface area contributed by atoms with Gasteiger partial charge >= 0.3 is 0 Å². The number of rotatable bonds is 8. The number of carbonyl (C=O) groups excluding carboxylic acids is 1. The molecule has 1 atom stereocenters. The highest BCUT2D eigenvalue weighted by atomic mass is 16.3. The van der Waals surface area contributed by atoms with E-state index in [0.29, 0.717) is 18.9 Å². The molecule has 2 aliphatic heterocycles. The van der Waals surface area contributed by atoms with E-state index >= 15 is 0 Å². The summed E-state index contributed by atoms with van der Waals surface area (Å²) < 4.78 is 0. The standard InChI is InChI=1S/C19H37N3O2/c23-17-18-8-6-13-22(16-18)14-7-10-20-19(24)9-15-21-11-4-2-1-3-5-12-21/h18,23H,1-17H2,(H,20,24). The summed E-state index contributed by atoms with van der Waals surface area (Å²) in [4.78, 5) is 16.9. The summed E-state index contributed by atoms with van der Waals surface area (Å²) in [6, 6.07) is 0. The molecule has 2 rings (SSSR count). The molecule has 140 valence electrons. The number of nitrogens with one attached hydrogen (secondary N) is 1. The van der Waals surface area contributed by atoms with Crippen LogP contribution in [0.3, 0.4) is 0 Å². The average molecular weight is 340 g/mol. The maximum Gasteiger partial charge on any atom is 0.221 e. The number of nitrogens with zero attached hydrogens (tertiary/aromatic N) is 2. The number of likely N-dealkylation sites (tertiary alicyclic amines) is 2. The average Bonchev–Trinajstić information content (AvgIpc) is 2.58. The molecule has 2 heterocycles. The van der Waals surface area contributed by atoms with Gasteiger partial charge in [0.2, 0.25) is 5.91 Å². The molecule has 5 heteroatoms. The van der Waals surface area contributed by atoms with Crippen molar-refractivity contribution >= 4 is 5.91 Å². The van der Waals surface area contributed by atoms with Gasteiger partial charge in [-0.25, -0.2) is 0 Å². The predicted molar refractivity (Wildman–Crippen MR) is 98.0 cm³/mol. The van der Waals surface area contributed by atoms with Gasteiger partial charge in [-0.1, -0.05) is 19.3 Å². The molecule has 0 aromatic carbocycles. The fourth-order valence-corrected chi connectivity index (χ4v) is 3.92. The Bertz CT molecular complexity index is 344. The summed E-state index contributed by atoms with van der Waals surface area (Å²) in [5.41, 5.74) is 0. The third-order valence-corrected chi connectivity index (χ3v) is 5.44. The van der Waals surface area contributed by atoms with Crippen molar-refractivity contribution in [3.05, 3.63) is 0 Å². The fourth-order valence-electron chi connectivity index (χ4n) is 3.92. The van der Waals surface area contributed by atoms with Crippen molar-refractivity contribution in [2.75, 3.05) is 52.4 Å². The normalized spacial score (nSPS) is 24.3. The SMILES string of the molecule is O=C(CCN1CCCCCCC1)NCCCN1CCCC(CO)C1. The van der Waals surface area contributed by atoms with E-state index in [9.17, 15) is 9.90 Å². The van der Waals surface area contributed by atoms with Gasteiger partial charge in [0.05, 0.1) is 0 Å². The van der Waals surface area contributed by atoms with E-state index in [2.05, 4.69) is 15.1 Å². The van der Waals surface area contributed by atoms with Crippen LogP contribution in [0.4, 0.5) is 0 Å². The van der Waals surface area contributed by atoms with Gasteiger partial charge in [-0.2, -0.15) is 0 Å². The van der Waals surface area contributed by atoms with E-state index < -0.39 is 0 Å². The van der Waals surface area contributed by atoms with E-state index in [-0.39, 0.29) is 5.91 Å². The minimum Gasteiger partial charge on any atom is -0.396 e. The first-order chi connectivity index (χ1) is 11.8. The Morgan fingerprint density at radius 1 is 0.958 bits per heavy atom. The maximum absolute atomic E-state index is 12.0. The molecule has 24 heavy (non-hydrogen) atoms. The van der Waals surface area contributed by atoms with Crippen LogP contribution >= 0.6 is 0 Å². The van der Waals surface area contributed by atoms with Gasteiger partial charge < -0.3 is 20.2 Å². The molecule has 0 aliphatic carbocycles. The molecule has 0 spiro atoms. The van der Waals surface area contributed by atoms with Gasteiger partial charge in [0, 0.05) is 32.7 Å². The summed E-state index contributed by atoms with van der Waals surface area (Å²) in [5.74, 6) is 0.648. The minimum atomic E-state index is 0.198. The molecule has 2 aliphatic rings. The molecule has 1 unspecified atom stereocenters. The lowest BCUT2D eigenvalue weighted by molar-refractivity contribution is -0.121. The van der Waals surface area contributed by atoms with Gasteiger partial charge in [-0.3, -0.25) is 4.79 Å². The van der Waals surface area contributed by atoms with Crippen LogP contribution in [0.5, 0.6) is 0 Å². The van der Waals surface area contributed by atoms with Crippen LogP contribution in [0.1, 0.15) is 57.8 Å². The number of carbonyl (C=O) groups is 1. The van der Waals surface area contributed by atoms with E-state index in [1.165, 1.54) is 38.5 Å². The minimum absolute atomic E-state index is 0.198. The topological polar surface area (TPSA) is 55.8 Å². The first-order valence-electron chi connectivity index (χ1n) is 10.1. The molecule has 2 N–H and O–H groups in total. The molecule has 2 fully saturated rings. The lowest BCUT2D eigenvalue weighted by Crippen LogP contribution is -2.38. The second-order valence-corrected chi connectivity index (χ2v) is 7.55. The lowest BCUT2D eigenvalue weighted by atomic mass is 9.99. The molecule has 5 nitrogen and oxygen atoms in total. The molecule has 0 saturated carbocycles. The Morgan fingerprint density at radius 2 is 1.67 bits per heavy atom. The monoisotopic (exact) mass is 339 g/mol. The van der Waals surface area contributed by atoms with E-state index in [1.54, 1.807) is 0 Å². The Morgan fingerprint density at radius 3 is 2.42 bits per heavy atom. The number of hydrogen-bond acceptors (Lipinski definition) is 4. The Hall–Kier alpha value is -0.650. The fraction of sp³-hybridized carbons (Fsp3) is 0.947. The lowest BCUT2D eigenvalue weighted by Gasteiger charge is -2.31. The zero-order valence-corrected chi connectivity index (χ0v) is 15.3. The molecule has 1 amide bonds.